The highest BCUT2D eigenvalue weighted by atomic mass is 32.1. The largest absolute Gasteiger partial charge is 0.378 e. The molecule has 0 bridgehead atoms. The molecule has 2 aromatic carbocycles. The molecule has 0 aliphatic carbocycles. The first-order valence-electron chi connectivity index (χ1n) is 10.2. The Bertz CT molecular complexity index is 1260. The zero-order valence-electron chi connectivity index (χ0n) is 18.4. The maximum atomic E-state index is 13.4. The second-order valence-electron chi connectivity index (χ2n) is 7.89. The number of aromatic nitrogens is 1. The van der Waals surface area contributed by atoms with Crippen LogP contribution in [0.25, 0.3) is 11.8 Å². The fourth-order valence-electron chi connectivity index (χ4n) is 3.66. The molecule has 162 valence electrons. The Labute approximate surface area is 192 Å². The van der Waals surface area contributed by atoms with E-state index in [1.54, 1.807) is 6.08 Å². The first-order chi connectivity index (χ1) is 15.3. The van der Waals surface area contributed by atoms with Gasteiger partial charge < -0.3 is 9.47 Å². The molecule has 0 unspecified atom stereocenters. The molecule has 6 nitrogen and oxygen atoms in total. The number of anilines is 2. The number of carbonyl (C=O) groups is 2. The van der Waals surface area contributed by atoms with E-state index in [2.05, 4.69) is 5.32 Å². The highest BCUT2D eigenvalue weighted by Crippen LogP contribution is 2.27. The third kappa shape index (κ3) is 3.83. The van der Waals surface area contributed by atoms with E-state index in [0.717, 1.165) is 28.2 Å². The minimum Gasteiger partial charge on any atom is -0.378 e. The topological polar surface area (TPSA) is 57.6 Å². The monoisotopic (exact) mass is 444 g/mol. The van der Waals surface area contributed by atoms with Crippen LogP contribution >= 0.6 is 12.2 Å². The zero-order chi connectivity index (χ0) is 23.0. The van der Waals surface area contributed by atoms with Gasteiger partial charge in [0, 0.05) is 37.4 Å². The van der Waals surface area contributed by atoms with Gasteiger partial charge in [-0.1, -0.05) is 12.1 Å². The number of aryl methyl sites for hydroxylation is 1. The number of benzene rings is 2. The number of amides is 2. The van der Waals surface area contributed by atoms with Crippen molar-refractivity contribution >= 4 is 46.6 Å². The summed E-state index contributed by atoms with van der Waals surface area (Å²) < 4.78 is 1.93. The van der Waals surface area contributed by atoms with E-state index in [4.69, 9.17) is 12.2 Å². The van der Waals surface area contributed by atoms with Gasteiger partial charge in [-0.2, -0.15) is 0 Å². The number of carbonyl (C=O) groups excluding carboxylic acids is 2. The highest BCUT2D eigenvalue weighted by molar-refractivity contribution is 7.80. The Morgan fingerprint density at radius 3 is 2.38 bits per heavy atom. The van der Waals surface area contributed by atoms with Gasteiger partial charge in [-0.3, -0.25) is 19.8 Å². The number of nitrogens with zero attached hydrogens (tertiary/aromatic N) is 3. The van der Waals surface area contributed by atoms with E-state index in [-0.39, 0.29) is 10.7 Å². The molecular weight excluding hydrogens is 420 g/mol. The van der Waals surface area contributed by atoms with Crippen LogP contribution in [0.4, 0.5) is 11.4 Å². The summed E-state index contributed by atoms with van der Waals surface area (Å²) in [6, 6.07) is 17.5. The van der Waals surface area contributed by atoms with Crippen molar-refractivity contribution < 1.29 is 9.59 Å². The third-order valence-electron chi connectivity index (χ3n) is 5.64. The van der Waals surface area contributed by atoms with Crippen molar-refractivity contribution in [2.75, 3.05) is 23.9 Å². The molecule has 0 spiro atoms. The van der Waals surface area contributed by atoms with Gasteiger partial charge in [0.05, 0.1) is 5.69 Å². The van der Waals surface area contributed by atoms with Crippen LogP contribution in [0, 0.1) is 13.8 Å². The summed E-state index contributed by atoms with van der Waals surface area (Å²) in [6.45, 7) is 3.91. The first kappa shape index (κ1) is 21.5. The van der Waals surface area contributed by atoms with E-state index in [0.29, 0.717) is 5.69 Å². The summed E-state index contributed by atoms with van der Waals surface area (Å²) in [7, 11) is 3.97. The maximum absolute atomic E-state index is 13.4. The van der Waals surface area contributed by atoms with Crippen LogP contribution in [0.3, 0.4) is 0 Å². The van der Waals surface area contributed by atoms with Crippen molar-refractivity contribution in [1.82, 2.24) is 9.88 Å². The zero-order valence-corrected chi connectivity index (χ0v) is 19.2. The van der Waals surface area contributed by atoms with Crippen molar-refractivity contribution in [3.63, 3.8) is 0 Å². The molecular formula is C25H24N4O2S. The lowest BCUT2D eigenvalue weighted by atomic mass is 10.0. The van der Waals surface area contributed by atoms with Gasteiger partial charge in [0.2, 0.25) is 0 Å². The van der Waals surface area contributed by atoms with Crippen molar-refractivity contribution in [3.8, 4) is 5.69 Å². The lowest BCUT2D eigenvalue weighted by molar-refractivity contribution is -0.122. The summed E-state index contributed by atoms with van der Waals surface area (Å²) >= 11 is 5.34. The van der Waals surface area contributed by atoms with Crippen LogP contribution < -0.4 is 15.1 Å². The minimum atomic E-state index is -0.503. The number of nitrogens with one attached hydrogen (secondary N) is 1. The average Bonchev–Trinajstić information content (AvgIpc) is 3.22. The molecule has 2 amide bonds. The second-order valence-corrected chi connectivity index (χ2v) is 8.28. The first-order valence-corrected chi connectivity index (χ1v) is 10.6. The molecule has 0 saturated carbocycles. The Hall–Kier alpha value is -3.71. The van der Waals surface area contributed by atoms with Crippen molar-refractivity contribution in [3.05, 3.63) is 83.2 Å². The molecule has 1 aromatic heterocycles. The summed E-state index contributed by atoms with van der Waals surface area (Å²) in [5.41, 5.74) is 5.40. The van der Waals surface area contributed by atoms with Gasteiger partial charge in [-0.25, -0.2) is 0 Å². The third-order valence-corrected chi connectivity index (χ3v) is 5.92. The second kappa shape index (κ2) is 8.43. The highest BCUT2D eigenvalue weighted by Gasteiger charge is 2.35. The molecule has 4 rings (SSSR count). The van der Waals surface area contributed by atoms with Gasteiger partial charge in [0.1, 0.15) is 5.57 Å². The van der Waals surface area contributed by atoms with Crippen molar-refractivity contribution in [1.29, 1.82) is 0 Å². The number of thiocarbonyl (C=S) groups is 1. The molecule has 0 atom stereocenters. The van der Waals surface area contributed by atoms with Crippen LogP contribution in [-0.2, 0) is 9.59 Å². The predicted molar refractivity (Wildman–Crippen MR) is 132 cm³/mol. The van der Waals surface area contributed by atoms with Crippen molar-refractivity contribution in [2.24, 2.45) is 0 Å². The fraction of sp³-hybridized carbons (Fsp3) is 0.160. The molecule has 0 radical (unpaired) electrons. The lowest BCUT2D eigenvalue weighted by Gasteiger charge is -2.30. The summed E-state index contributed by atoms with van der Waals surface area (Å²) in [5, 5.41) is 2.74. The van der Waals surface area contributed by atoms with E-state index in [1.165, 1.54) is 4.90 Å². The molecule has 32 heavy (non-hydrogen) atoms. The Kier molecular flexibility index (Phi) is 5.67. The van der Waals surface area contributed by atoms with E-state index >= 15 is 0 Å². The fourth-order valence-corrected chi connectivity index (χ4v) is 3.93. The SMILES string of the molecule is Cc1cccc(N2C(=O)C(=Cc3cccn3-c3ccc(N(C)C)cc3)C(=O)NC2=S)c1C. The molecule has 1 aliphatic heterocycles. The molecule has 1 saturated heterocycles. The molecule has 2 heterocycles. The summed E-state index contributed by atoms with van der Waals surface area (Å²) in [4.78, 5) is 29.5. The van der Waals surface area contributed by atoms with Gasteiger partial charge in [-0.05, 0) is 85.7 Å². The molecule has 1 fully saturated rings. The minimum absolute atomic E-state index is 0.0318. The van der Waals surface area contributed by atoms with Crippen LogP contribution in [0.5, 0.6) is 0 Å². The summed E-state index contributed by atoms with van der Waals surface area (Å²) in [5.74, 6) is -0.944. The molecule has 3 aromatic rings. The van der Waals surface area contributed by atoms with Crippen LogP contribution in [0.1, 0.15) is 16.8 Å². The maximum Gasteiger partial charge on any atom is 0.270 e. The van der Waals surface area contributed by atoms with E-state index in [9.17, 15) is 9.59 Å². The molecule has 1 aliphatic rings. The van der Waals surface area contributed by atoms with E-state index < -0.39 is 11.8 Å². The smallest absolute Gasteiger partial charge is 0.270 e. The number of rotatable bonds is 4. The molecule has 7 heteroatoms. The summed E-state index contributed by atoms with van der Waals surface area (Å²) in [6.07, 6.45) is 3.51. The van der Waals surface area contributed by atoms with Crippen molar-refractivity contribution in [2.45, 2.75) is 13.8 Å². The average molecular weight is 445 g/mol. The Balaban J connectivity index is 1.74. The van der Waals surface area contributed by atoms with Crippen LogP contribution in [0.15, 0.2) is 66.4 Å². The van der Waals surface area contributed by atoms with Gasteiger partial charge in [0.15, 0.2) is 5.11 Å². The van der Waals surface area contributed by atoms with Crippen LogP contribution in [0.2, 0.25) is 0 Å². The van der Waals surface area contributed by atoms with Gasteiger partial charge in [0.25, 0.3) is 11.8 Å². The Morgan fingerprint density at radius 2 is 1.69 bits per heavy atom. The normalized spacial score (nSPS) is 15.3. The van der Waals surface area contributed by atoms with Crippen LogP contribution in [-0.4, -0.2) is 35.6 Å². The molecule has 1 N–H and O–H groups in total. The quantitative estimate of drug-likeness (QED) is 0.376. The van der Waals surface area contributed by atoms with E-state index in [1.807, 2.05) is 98.2 Å². The van der Waals surface area contributed by atoms with Gasteiger partial charge in [-0.15, -0.1) is 0 Å². The number of hydrogen-bond donors (Lipinski definition) is 1. The lowest BCUT2D eigenvalue weighted by Crippen LogP contribution is -2.54. The standard InChI is InChI=1S/C25H24N4O2S/c1-16-7-5-9-22(17(16)2)29-24(31)21(23(30)26-25(29)32)15-20-8-6-14-28(20)19-12-10-18(11-13-19)27(3)4/h5-15H,1-4H3,(H,26,30,32). The predicted octanol–water partition coefficient (Wildman–Crippen LogP) is 3.99. The number of hydrogen-bond acceptors (Lipinski definition) is 4. The van der Waals surface area contributed by atoms with Gasteiger partial charge >= 0.3 is 0 Å². The Morgan fingerprint density at radius 1 is 0.969 bits per heavy atom.